The molecule has 0 radical (unpaired) electrons. The van der Waals surface area contributed by atoms with Gasteiger partial charge >= 0.3 is 5.97 Å². The number of anilines is 1. The Bertz CT molecular complexity index is 1020. The van der Waals surface area contributed by atoms with Crippen molar-refractivity contribution in [3.05, 3.63) is 65.4 Å². The van der Waals surface area contributed by atoms with Crippen molar-refractivity contribution < 1.29 is 18.7 Å². The lowest BCUT2D eigenvalue weighted by molar-refractivity contribution is -0.153. The molecule has 144 valence electrons. The Balaban J connectivity index is 1.43. The average Bonchev–Trinajstić information content (AvgIpc) is 3.32. The minimum atomic E-state index is -0.861. The summed E-state index contributed by atoms with van der Waals surface area (Å²) in [6, 6.07) is 13.5. The minimum Gasteiger partial charge on any atom is -0.464 e. The van der Waals surface area contributed by atoms with E-state index in [1.165, 1.54) is 16.0 Å². The lowest BCUT2D eigenvalue weighted by Crippen LogP contribution is -2.37. The summed E-state index contributed by atoms with van der Waals surface area (Å²) in [6.45, 7) is 1.60. The largest absolute Gasteiger partial charge is 0.464 e. The molecule has 1 atom stereocenters. The summed E-state index contributed by atoms with van der Waals surface area (Å²) in [4.78, 5) is 26.5. The summed E-state index contributed by atoms with van der Waals surface area (Å²) < 4.78 is 11.0. The van der Waals surface area contributed by atoms with Crippen molar-refractivity contribution >= 4 is 28.5 Å². The lowest BCUT2D eigenvalue weighted by atomic mass is 10.0. The normalized spacial score (nSPS) is 13.9. The molecule has 3 aromatic rings. The summed E-state index contributed by atoms with van der Waals surface area (Å²) >= 11 is 0. The van der Waals surface area contributed by atoms with Crippen molar-refractivity contribution in [1.29, 1.82) is 0 Å². The maximum atomic E-state index is 12.6. The van der Waals surface area contributed by atoms with Gasteiger partial charge in [0.15, 0.2) is 6.10 Å². The fraction of sp³-hybridized carbons (Fsp3) is 0.304. The molecule has 0 fully saturated rings. The van der Waals surface area contributed by atoms with E-state index >= 15 is 0 Å². The Labute approximate surface area is 163 Å². The average molecular weight is 377 g/mol. The Hall–Kier alpha value is -3.08. The van der Waals surface area contributed by atoms with Gasteiger partial charge in [0.2, 0.25) is 0 Å². The fourth-order valence-corrected chi connectivity index (χ4v) is 3.78. The molecule has 0 saturated heterocycles. The monoisotopic (exact) mass is 377 g/mol. The number of esters is 1. The molecule has 1 aliphatic rings. The molecule has 4 rings (SSSR count). The van der Waals surface area contributed by atoms with Crippen LogP contribution in [0.1, 0.15) is 30.0 Å². The van der Waals surface area contributed by atoms with Crippen LogP contribution in [0.5, 0.6) is 0 Å². The molecule has 1 aliphatic carbocycles. The van der Waals surface area contributed by atoms with Gasteiger partial charge in [-0.3, -0.25) is 9.59 Å². The van der Waals surface area contributed by atoms with Crippen LogP contribution in [0.2, 0.25) is 0 Å². The first-order chi connectivity index (χ1) is 13.5. The molecule has 1 amide bonds. The topological polar surface area (TPSA) is 59.8 Å². The molecular formula is C23H23NO4. The van der Waals surface area contributed by atoms with Crippen molar-refractivity contribution in [3.63, 3.8) is 0 Å². The number of ether oxygens (including phenoxy) is 1. The summed E-state index contributed by atoms with van der Waals surface area (Å²) in [5, 5.41) is 0.956. The predicted molar refractivity (Wildman–Crippen MR) is 107 cm³/mol. The second-order valence-electron chi connectivity index (χ2n) is 7.27. The maximum Gasteiger partial charge on any atom is 0.311 e. The number of likely N-dealkylation sites (N-methyl/N-ethyl adjacent to an activating group) is 1. The van der Waals surface area contributed by atoms with Gasteiger partial charge in [-0.2, -0.15) is 0 Å². The van der Waals surface area contributed by atoms with Crippen molar-refractivity contribution in [3.8, 4) is 0 Å². The number of hydrogen-bond donors (Lipinski definition) is 0. The first kappa shape index (κ1) is 18.3. The van der Waals surface area contributed by atoms with E-state index in [0.29, 0.717) is 0 Å². The number of fused-ring (bicyclic) bond motifs is 2. The van der Waals surface area contributed by atoms with Crippen LogP contribution in [0.25, 0.3) is 11.0 Å². The zero-order chi connectivity index (χ0) is 19.7. The number of aryl methyl sites for hydroxylation is 2. The van der Waals surface area contributed by atoms with E-state index in [4.69, 9.17) is 9.15 Å². The molecule has 0 aliphatic heterocycles. The molecule has 0 saturated carbocycles. The highest BCUT2D eigenvalue weighted by Crippen LogP contribution is 2.30. The molecule has 5 nitrogen and oxygen atoms in total. The first-order valence-electron chi connectivity index (χ1n) is 9.57. The Kier molecular flexibility index (Phi) is 4.90. The third-order valence-corrected chi connectivity index (χ3v) is 5.33. The number of furan rings is 1. The Morgan fingerprint density at radius 3 is 2.61 bits per heavy atom. The SMILES string of the molecule is C[C@H](OC(=O)Cc1coc2cc3c(cc12)CCC3)C(=O)N(C)c1ccccc1. The fourth-order valence-electron chi connectivity index (χ4n) is 3.78. The van der Waals surface area contributed by atoms with Gasteiger partial charge in [-0.15, -0.1) is 0 Å². The van der Waals surface area contributed by atoms with E-state index in [1.54, 1.807) is 20.2 Å². The van der Waals surface area contributed by atoms with E-state index in [1.807, 2.05) is 30.3 Å². The first-order valence-corrected chi connectivity index (χ1v) is 9.57. The van der Waals surface area contributed by atoms with Crippen molar-refractivity contribution in [1.82, 2.24) is 0 Å². The van der Waals surface area contributed by atoms with Crippen LogP contribution in [0, 0.1) is 0 Å². The number of hydrogen-bond acceptors (Lipinski definition) is 4. The number of benzene rings is 2. The van der Waals surface area contributed by atoms with Crippen molar-refractivity contribution in [2.24, 2.45) is 0 Å². The third-order valence-electron chi connectivity index (χ3n) is 5.33. The molecule has 28 heavy (non-hydrogen) atoms. The summed E-state index contributed by atoms with van der Waals surface area (Å²) in [7, 11) is 1.67. The molecule has 1 aromatic heterocycles. The van der Waals surface area contributed by atoms with E-state index in [2.05, 4.69) is 12.1 Å². The van der Waals surface area contributed by atoms with Crippen LogP contribution in [0.15, 0.2) is 53.1 Å². The van der Waals surface area contributed by atoms with Gasteiger partial charge < -0.3 is 14.1 Å². The number of rotatable bonds is 5. The zero-order valence-electron chi connectivity index (χ0n) is 16.1. The van der Waals surface area contributed by atoms with Gasteiger partial charge in [0.1, 0.15) is 5.58 Å². The van der Waals surface area contributed by atoms with E-state index < -0.39 is 12.1 Å². The van der Waals surface area contributed by atoms with E-state index in [-0.39, 0.29) is 12.3 Å². The van der Waals surface area contributed by atoms with Gasteiger partial charge in [-0.1, -0.05) is 18.2 Å². The number of para-hydroxylation sites is 1. The number of carbonyl (C=O) groups is 2. The molecule has 1 heterocycles. The Morgan fingerprint density at radius 1 is 1.14 bits per heavy atom. The standard InChI is InChI=1S/C23H23NO4/c1-15(23(26)24(2)19-9-4-3-5-10-19)28-22(25)13-18-14-27-21-12-17-8-6-7-16(17)11-20(18)21/h3-5,9-12,14-15H,6-8,13H2,1-2H3/t15-/m0/s1. The Morgan fingerprint density at radius 2 is 1.86 bits per heavy atom. The molecular weight excluding hydrogens is 354 g/mol. The highest BCUT2D eigenvalue weighted by Gasteiger charge is 2.23. The highest BCUT2D eigenvalue weighted by atomic mass is 16.5. The summed E-state index contributed by atoms with van der Waals surface area (Å²) in [5.41, 5.74) is 5.02. The number of nitrogens with zero attached hydrogens (tertiary/aromatic N) is 1. The van der Waals surface area contributed by atoms with Crippen molar-refractivity contribution in [2.45, 2.75) is 38.7 Å². The lowest BCUT2D eigenvalue weighted by Gasteiger charge is -2.21. The van der Waals surface area contributed by atoms with Gasteiger partial charge in [0.25, 0.3) is 5.91 Å². The highest BCUT2D eigenvalue weighted by molar-refractivity contribution is 5.97. The number of carbonyl (C=O) groups excluding carboxylic acids is 2. The number of amides is 1. The third kappa shape index (κ3) is 3.52. The van der Waals surface area contributed by atoms with Gasteiger partial charge in [0, 0.05) is 23.7 Å². The van der Waals surface area contributed by atoms with Crippen LogP contribution in [0.4, 0.5) is 5.69 Å². The van der Waals surface area contributed by atoms with Crippen LogP contribution < -0.4 is 4.90 Å². The minimum absolute atomic E-state index is 0.0818. The smallest absolute Gasteiger partial charge is 0.311 e. The second-order valence-corrected chi connectivity index (χ2v) is 7.27. The van der Waals surface area contributed by atoms with Gasteiger partial charge in [-0.05, 0) is 61.6 Å². The van der Waals surface area contributed by atoms with Crippen LogP contribution >= 0.6 is 0 Å². The van der Waals surface area contributed by atoms with Gasteiger partial charge in [0.05, 0.1) is 12.7 Å². The summed E-state index contributed by atoms with van der Waals surface area (Å²) in [6.07, 6.45) is 4.14. The molecule has 0 bridgehead atoms. The quantitative estimate of drug-likeness (QED) is 0.629. The second kappa shape index (κ2) is 7.50. The predicted octanol–water partition coefficient (Wildman–Crippen LogP) is 4.06. The molecule has 2 aromatic carbocycles. The molecule has 0 N–H and O–H groups in total. The van der Waals surface area contributed by atoms with Crippen LogP contribution in [-0.4, -0.2) is 25.0 Å². The van der Waals surface area contributed by atoms with Crippen molar-refractivity contribution in [2.75, 3.05) is 11.9 Å². The zero-order valence-corrected chi connectivity index (χ0v) is 16.1. The molecule has 0 spiro atoms. The van der Waals surface area contributed by atoms with Gasteiger partial charge in [-0.25, -0.2) is 0 Å². The van der Waals surface area contributed by atoms with E-state index in [0.717, 1.165) is 41.5 Å². The maximum absolute atomic E-state index is 12.6. The van der Waals surface area contributed by atoms with Crippen LogP contribution in [0.3, 0.4) is 0 Å². The summed E-state index contributed by atoms with van der Waals surface area (Å²) in [5.74, 6) is -0.708. The molecule has 0 unspecified atom stereocenters. The molecule has 5 heteroatoms. The van der Waals surface area contributed by atoms with E-state index in [9.17, 15) is 9.59 Å². The van der Waals surface area contributed by atoms with Crippen LogP contribution in [-0.2, 0) is 33.6 Å².